The van der Waals surface area contributed by atoms with Crippen LogP contribution in [0.2, 0.25) is 0 Å². The van der Waals surface area contributed by atoms with Crippen molar-refractivity contribution >= 4 is 22.7 Å². The van der Waals surface area contributed by atoms with Gasteiger partial charge in [0.2, 0.25) is 0 Å². The van der Waals surface area contributed by atoms with E-state index >= 15 is 0 Å². The van der Waals surface area contributed by atoms with Crippen LogP contribution in [-0.2, 0) is 6.54 Å². The van der Waals surface area contributed by atoms with Crippen molar-refractivity contribution in [2.24, 2.45) is 0 Å². The first-order valence-electron chi connectivity index (χ1n) is 6.23. The maximum atomic E-state index is 12.4. The van der Waals surface area contributed by atoms with Gasteiger partial charge in [0.1, 0.15) is 0 Å². The van der Waals surface area contributed by atoms with Gasteiger partial charge in [-0.3, -0.25) is 9.36 Å². The van der Waals surface area contributed by atoms with Gasteiger partial charge in [0.05, 0.1) is 22.2 Å². The van der Waals surface area contributed by atoms with Gasteiger partial charge in [0.15, 0.2) is 5.16 Å². The molecule has 98 valence electrons. The standard InChI is InChI=1S/C14H15N3OS/c1-3-8-17-13(18)11-6-4-5-7-12(11)16-14(17)19-10(2)9-15/h4-7,10H,3,8H2,1-2H3. The fraction of sp³-hybridized carbons (Fsp3) is 0.357. The van der Waals surface area contributed by atoms with Crippen molar-refractivity contribution in [1.82, 2.24) is 9.55 Å². The molecule has 0 aliphatic carbocycles. The van der Waals surface area contributed by atoms with Gasteiger partial charge in [-0.05, 0) is 25.5 Å². The van der Waals surface area contributed by atoms with Crippen LogP contribution in [0.25, 0.3) is 10.9 Å². The first-order valence-corrected chi connectivity index (χ1v) is 7.11. The van der Waals surface area contributed by atoms with E-state index in [2.05, 4.69) is 11.1 Å². The summed E-state index contributed by atoms with van der Waals surface area (Å²) in [6.07, 6.45) is 0.856. The average molecular weight is 273 g/mol. The summed E-state index contributed by atoms with van der Waals surface area (Å²) in [5, 5.41) is 9.94. The predicted octanol–water partition coefficient (Wildman–Crippen LogP) is 2.81. The fourth-order valence-electron chi connectivity index (χ4n) is 1.84. The van der Waals surface area contributed by atoms with E-state index in [1.807, 2.05) is 32.0 Å². The van der Waals surface area contributed by atoms with E-state index in [1.54, 1.807) is 10.6 Å². The summed E-state index contributed by atoms with van der Waals surface area (Å²) in [5.74, 6) is 0. The van der Waals surface area contributed by atoms with Crippen LogP contribution in [0.5, 0.6) is 0 Å². The van der Waals surface area contributed by atoms with Gasteiger partial charge in [-0.15, -0.1) is 0 Å². The van der Waals surface area contributed by atoms with Gasteiger partial charge in [-0.1, -0.05) is 30.8 Å². The van der Waals surface area contributed by atoms with E-state index in [0.29, 0.717) is 22.6 Å². The highest BCUT2D eigenvalue weighted by molar-refractivity contribution is 8.00. The largest absolute Gasteiger partial charge is 0.287 e. The summed E-state index contributed by atoms with van der Waals surface area (Å²) in [7, 11) is 0. The molecule has 2 aromatic rings. The number of nitrogens with zero attached hydrogens (tertiary/aromatic N) is 3. The number of aromatic nitrogens is 2. The minimum atomic E-state index is -0.226. The summed E-state index contributed by atoms with van der Waals surface area (Å²) >= 11 is 1.33. The molecule has 0 amide bonds. The Morgan fingerprint density at radius 2 is 2.21 bits per heavy atom. The Morgan fingerprint density at radius 3 is 2.89 bits per heavy atom. The van der Waals surface area contributed by atoms with Crippen molar-refractivity contribution in [3.8, 4) is 6.07 Å². The van der Waals surface area contributed by atoms with Crippen molar-refractivity contribution in [3.05, 3.63) is 34.6 Å². The van der Waals surface area contributed by atoms with E-state index in [-0.39, 0.29) is 10.8 Å². The normalized spacial score (nSPS) is 12.3. The smallest absolute Gasteiger partial charge is 0.262 e. The lowest BCUT2D eigenvalue weighted by Crippen LogP contribution is -2.23. The molecule has 0 spiro atoms. The molecule has 0 saturated heterocycles. The zero-order valence-corrected chi connectivity index (χ0v) is 11.8. The molecule has 4 nitrogen and oxygen atoms in total. The molecule has 5 heteroatoms. The second kappa shape index (κ2) is 5.89. The molecule has 0 aliphatic heterocycles. The number of hydrogen-bond acceptors (Lipinski definition) is 4. The molecular weight excluding hydrogens is 258 g/mol. The Hall–Kier alpha value is -1.80. The number of fused-ring (bicyclic) bond motifs is 1. The molecule has 1 unspecified atom stereocenters. The van der Waals surface area contributed by atoms with Crippen LogP contribution in [0.1, 0.15) is 20.3 Å². The van der Waals surface area contributed by atoms with Gasteiger partial charge in [-0.2, -0.15) is 5.26 Å². The Morgan fingerprint density at radius 1 is 1.47 bits per heavy atom. The molecule has 0 bridgehead atoms. The van der Waals surface area contributed by atoms with Crippen LogP contribution in [0.15, 0.2) is 34.2 Å². The zero-order chi connectivity index (χ0) is 13.8. The molecule has 0 saturated carbocycles. The van der Waals surface area contributed by atoms with Crippen molar-refractivity contribution in [2.45, 2.75) is 37.2 Å². The molecule has 19 heavy (non-hydrogen) atoms. The van der Waals surface area contributed by atoms with E-state index in [4.69, 9.17) is 5.26 Å². The predicted molar refractivity (Wildman–Crippen MR) is 77.2 cm³/mol. The maximum Gasteiger partial charge on any atom is 0.262 e. The Balaban J connectivity index is 2.63. The first-order chi connectivity index (χ1) is 9.17. The molecular formula is C14H15N3OS. The van der Waals surface area contributed by atoms with Gasteiger partial charge < -0.3 is 0 Å². The van der Waals surface area contributed by atoms with Gasteiger partial charge >= 0.3 is 0 Å². The molecule has 0 N–H and O–H groups in total. The highest BCUT2D eigenvalue weighted by Crippen LogP contribution is 2.22. The summed E-state index contributed by atoms with van der Waals surface area (Å²) in [4.78, 5) is 17.0. The highest BCUT2D eigenvalue weighted by Gasteiger charge is 2.13. The van der Waals surface area contributed by atoms with Crippen LogP contribution in [0.4, 0.5) is 0 Å². The number of benzene rings is 1. The Kier molecular flexibility index (Phi) is 4.23. The average Bonchev–Trinajstić information content (AvgIpc) is 2.43. The molecule has 0 fully saturated rings. The number of thioether (sulfide) groups is 1. The van der Waals surface area contributed by atoms with Crippen LogP contribution in [0, 0.1) is 11.3 Å². The zero-order valence-electron chi connectivity index (χ0n) is 11.0. The summed E-state index contributed by atoms with van der Waals surface area (Å²) in [6, 6.07) is 9.48. The Labute approximate surface area is 116 Å². The second-order valence-corrected chi connectivity index (χ2v) is 5.57. The van der Waals surface area contributed by atoms with Crippen molar-refractivity contribution in [3.63, 3.8) is 0 Å². The lowest BCUT2D eigenvalue weighted by atomic mass is 10.2. The topological polar surface area (TPSA) is 58.7 Å². The van der Waals surface area contributed by atoms with Crippen LogP contribution >= 0.6 is 11.8 Å². The molecule has 2 rings (SSSR count). The van der Waals surface area contributed by atoms with E-state index in [0.717, 1.165) is 6.42 Å². The monoisotopic (exact) mass is 273 g/mol. The molecule has 1 heterocycles. The van der Waals surface area contributed by atoms with Crippen molar-refractivity contribution in [2.75, 3.05) is 0 Å². The van der Waals surface area contributed by atoms with Gasteiger partial charge in [-0.25, -0.2) is 4.98 Å². The SMILES string of the molecule is CCCn1c(SC(C)C#N)nc2ccccc2c1=O. The molecule has 1 aromatic carbocycles. The number of nitriles is 1. The van der Waals surface area contributed by atoms with Crippen molar-refractivity contribution in [1.29, 1.82) is 5.26 Å². The third-order valence-corrected chi connectivity index (χ3v) is 3.72. The third kappa shape index (κ3) is 2.79. The lowest BCUT2D eigenvalue weighted by molar-refractivity contribution is 0.584. The Bertz CT molecular complexity index is 687. The highest BCUT2D eigenvalue weighted by atomic mass is 32.2. The molecule has 1 aromatic heterocycles. The van der Waals surface area contributed by atoms with E-state index < -0.39 is 0 Å². The molecule has 1 atom stereocenters. The van der Waals surface area contributed by atoms with E-state index in [9.17, 15) is 4.79 Å². The summed E-state index contributed by atoms with van der Waals surface area (Å²) in [5.41, 5.74) is 0.660. The van der Waals surface area contributed by atoms with Gasteiger partial charge in [0, 0.05) is 6.54 Å². The number of rotatable bonds is 4. The lowest BCUT2D eigenvalue weighted by Gasteiger charge is -2.12. The van der Waals surface area contributed by atoms with E-state index in [1.165, 1.54) is 11.8 Å². The first kappa shape index (κ1) is 13.6. The number of para-hydroxylation sites is 1. The minimum Gasteiger partial charge on any atom is -0.287 e. The van der Waals surface area contributed by atoms with Crippen LogP contribution < -0.4 is 5.56 Å². The minimum absolute atomic E-state index is 0.0277. The summed E-state index contributed by atoms with van der Waals surface area (Å²) in [6.45, 7) is 4.45. The molecule has 0 radical (unpaired) electrons. The number of hydrogen-bond donors (Lipinski definition) is 0. The summed E-state index contributed by atoms with van der Waals surface area (Å²) < 4.78 is 1.67. The van der Waals surface area contributed by atoms with Crippen LogP contribution in [0.3, 0.4) is 0 Å². The van der Waals surface area contributed by atoms with Crippen molar-refractivity contribution < 1.29 is 0 Å². The maximum absolute atomic E-state index is 12.4. The quantitative estimate of drug-likeness (QED) is 0.635. The fourth-order valence-corrected chi connectivity index (χ4v) is 2.66. The molecule has 0 aliphatic rings. The van der Waals surface area contributed by atoms with Crippen LogP contribution in [-0.4, -0.2) is 14.8 Å². The van der Waals surface area contributed by atoms with Gasteiger partial charge in [0.25, 0.3) is 5.56 Å². The third-order valence-electron chi connectivity index (χ3n) is 2.74. The second-order valence-electron chi connectivity index (χ2n) is 4.26.